The second-order valence-electron chi connectivity index (χ2n) is 6.52. The Hall–Kier alpha value is -2.34. The summed E-state index contributed by atoms with van der Waals surface area (Å²) < 4.78 is 20.0. The van der Waals surface area contributed by atoms with Crippen LogP contribution in [0.4, 0.5) is 0 Å². The number of fused-ring (bicyclic) bond motifs is 1. The Morgan fingerprint density at radius 3 is 2.54 bits per heavy atom. The van der Waals surface area contributed by atoms with Gasteiger partial charge in [0.05, 0.1) is 18.1 Å². The molecule has 0 unspecified atom stereocenters. The number of aliphatic hydroxyl groups excluding tert-OH is 1. The Morgan fingerprint density at radius 2 is 1.79 bits per heavy atom. The van der Waals surface area contributed by atoms with Crippen LogP contribution in [0.1, 0.15) is 6.42 Å². The van der Waals surface area contributed by atoms with Gasteiger partial charge in [-0.3, -0.25) is 0 Å². The molecule has 6 heteroatoms. The summed E-state index contributed by atoms with van der Waals surface area (Å²) >= 11 is 0. The molecule has 28 heavy (non-hydrogen) atoms. The lowest BCUT2D eigenvalue weighted by Crippen LogP contribution is -3.00. The van der Waals surface area contributed by atoms with Crippen molar-refractivity contribution in [1.29, 1.82) is 0 Å². The normalized spacial score (nSPS) is 14.0. The van der Waals surface area contributed by atoms with Gasteiger partial charge >= 0.3 is 5.55 Å². The predicted octanol–water partition coefficient (Wildman–Crippen LogP) is -0.333. The van der Waals surface area contributed by atoms with Crippen LogP contribution in [-0.2, 0) is 4.74 Å². The van der Waals surface area contributed by atoms with Crippen LogP contribution in [0.15, 0.2) is 59.0 Å². The van der Waals surface area contributed by atoms with E-state index in [-0.39, 0.29) is 19.0 Å². The predicted molar refractivity (Wildman–Crippen MR) is 105 cm³/mol. The average molecular weight is 402 g/mol. The van der Waals surface area contributed by atoms with Crippen LogP contribution in [0.3, 0.4) is 0 Å². The summed E-state index contributed by atoms with van der Waals surface area (Å²) in [4.78, 5) is 0. The van der Waals surface area contributed by atoms with Gasteiger partial charge in [-0.2, -0.15) is 4.58 Å². The fraction of sp³-hybridized carbons (Fsp3) is 0.318. The van der Waals surface area contributed by atoms with Gasteiger partial charge in [0.15, 0.2) is 18.7 Å². The lowest BCUT2D eigenvalue weighted by molar-refractivity contribution is -0.00000833. The van der Waals surface area contributed by atoms with Crippen molar-refractivity contribution in [3.63, 3.8) is 0 Å². The highest BCUT2D eigenvalue weighted by Gasteiger charge is 2.18. The zero-order valence-electron chi connectivity index (χ0n) is 15.6. The van der Waals surface area contributed by atoms with Crippen molar-refractivity contribution in [2.75, 3.05) is 39.5 Å². The maximum absolute atomic E-state index is 9.09. The fourth-order valence-corrected chi connectivity index (χ4v) is 3.32. The fourth-order valence-electron chi connectivity index (χ4n) is 3.32. The molecule has 0 aliphatic carbocycles. The van der Waals surface area contributed by atoms with Crippen LogP contribution >= 0.6 is 0 Å². The van der Waals surface area contributed by atoms with E-state index in [0.717, 1.165) is 46.5 Å². The standard InChI is InChI=1S/C22H24NO4.ClH/c24-12-5-13-26-20-16-21(23-10-14-25-15-11-23)27-22-18(8-4-9-19(20)22)17-6-2-1-3-7-17;/h1-4,6-9,16,24H,5,10-15H2;1H/q+1;/p-1. The van der Waals surface area contributed by atoms with E-state index >= 15 is 0 Å². The van der Waals surface area contributed by atoms with Crippen LogP contribution in [-0.4, -0.2) is 44.6 Å². The minimum atomic E-state index is 0. The van der Waals surface area contributed by atoms with Crippen LogP contribution in [0, 0.1) is 0 Å². The second kappa shape index (κ2) is 9.73. The highest BCUT2D eigenvalue weighted by molar-refractivity contribution is 5.95. The van der Waals surface area contributed by atoms with Gasteiger partial charge in [-0.05, 0) is 11.6 Å². The quantitative estimate of drug-likeness (QED) is 0.470. The summed E-state index contributed by atoms with van der Waals surface area (Å²) in [6, 6.07) is 18.3. The Balaban J connectivity index is 0.00000225. The molecule has 1 aliphatic rings. The maximum Gasteiger partial charge on any atom is 0.371 e. The van der Waals surface area contributed by atoms with Gasteiger partial charge in [-0.1, -0.05) is 42.5 Å². The first-order chi connectivity index (χ1) is 13.4. The van der Waals surface area contributed by atoms with E-state index in [2.05, 4.69) is 22.8 Å². The monoisotopic (exact) mass is 401 g/mol. The summed E-state index contributed by atoms with van der Waals surface area (Å²) in [5, 5.41) is 10.0. The third kappa shape index (κ3) is 4.38. The minimum Gasteiger partial charge on any atom is -1.00 e. The molecule has 0 atom stereocenters. The van der Waals surface area contributed by atoms with Crippen LogP contribution in [0.25, 0.3) is 22.1 Å². The number of ether oxygens (including phenoxy) is 2. The van der Waals surface area contributed by atoms with E-state index in [1.165, 1.54) is 0 Å². The molecule has 2 heterocycles. The van der Waals surface area contributed by atoms with Crippen molar-refractivity contribution in [3.05, 3.63) is 60.2 Å². The Bertz CT molecular complexity index is 977. The molecular weight excluding hydrogens is 378 g/mol. The first-order valence-corrected chi connectivity index (χ1v) is 9.38. The highest BCUT2D eigenvalue weighted by Crippen LogP contribution is 2.32. The van der Waals surface area contributed by atoms with Crippen molar-refractivity contribution in [2.24, 2.45) is 0 Å². The Labute approximate surface area is 170 Å². The molecule has 0 radical (unpaired) electrons. The van der Waals surface area contributed by atoms with Gasteiger partial charge in [0, 0.05) is 18.6 Å². The first-order valence-electron chi connectivity index (χ1n) is 9.38. The molecule has 0 saturated carbocycles. The summed E-state index contributed by atoms with van der Waals surface area (Å²) in [6.45, 7) is 3.54. The number of hydrogen-bond donors (Lipinski definition) is 1. The van der Waals surface area contributed by atoms with Crippen molar-refractivity contribution < 1.29 is 31.4 Å². The summed E-state index contributed by atoms with van der Waals surface area (Å²) in [5.74, 6) is 0.781. The number of halogens is 1. The number of rotatable bonds is 5. The molecule has 1 N–H and O–H groups in total. The maximum atomic E-state index is 9.09. The van der Waals surface area contributed by atoms with E-state index in [1.807, 2.05) is 36.4 Å². The van der Waals surface area contributed by atoms with Gasteiger partial charge in [0.25, 0.3) is 0 Å². The van der Waals surface area contributed by atoms with E-state index in [4.69, 9.17) is 19.0 Å². The average Bonchev–Trinajstić information content (AvgIpc) is 2.74. The third-order valence-corrected chi connectivity index (χ3v) is 4.71. The van der Waals surface area contributed by atoms with E-state index in [9.17, 15) is 0 Å². The molecule has 5 nitrogen and oxygen atoms in total. The van der Waals surface area contributed by atoms with Crippen molar-refractivity contribution in [2.45, 2.75) is 6.42 Å². The molecule has 148 valence electrons. The Kier molecular flexibility index (Phi) is 7.09. The summed E-state index contributed by atoms with van der Waals surface area (Å²) in [5.41, 5.74) is 3.74. The number of para-hydroxylation sites is 1. The third-order valence-electron chi connectivity index (χ3n) is 4.71. The first kappa shape index (κ1) is 20.4. The van der Waals surface area contributed by atoms with Gasteiger partial charge in [0.2, 0.25) is 0 Å². The van der Waals surface area contributed by atoms with E-state index in [1.54, 1.807) is 0 Å². The minimum absolute atomic E-state index is 0. The lowest BCUT2D eigenvalue weighted by atomic mass is 10.0. The molecule has 3 aromatic rings. The van der Waals surface area contributed by atoms with Gasteiger partial charge in [-0.25, -0.2) is 0 Å². The van der Waals surface area contributed by atoms with Crippen LogP contribution in [0.5, 0.6) is 5.75 Å². The number of morpholine rings is 1. The molecular formula is C22H24ClNO4. The zero-order valence-corrected chi connectivity index (χ0v) is 16.4. The largest absolute Gasteiger partial charge is 1.00 e. The number of hydrogen-bond acceptors (Lipinski definition) is 4. The Morgan fingerprint density at radius 1 is 1.00 bits per heavy atom. The van der Waals surface area contributed by atoms with Crippen LogP contribution < -0.4 is 27.3 Å². The number of nitrogens with zero attached hydrogens (tertiary/aromatic N) is 1. The van der Waals surface area contributed by atoms with Crippen molar-refractivity contribution >= 4 is 11.0 Å². The second-order valence-corrected chi connectivity index (χ2v) is 6.52. The molecule has 0 amide bonds. The molecule has 1 saturated heterocycles. The molecule has 1 fully saturated rings. The van der Waals surface area contributed by atoms with Gasteiger partial charge in [0.1, 0.15) is 19.0 Å². The SMILES string of the molecule is OCCCOc1cc(=[N+]2CCOCC2)oc2c(-c3ccccc3)cccc12.[Cl-]. The smallest absolute Gasteiger partial charge is 0.371 e. The molecule has 2 aromatic carbocycles. The zero-order chi connectivity index (χ0) is 18.5. The van der Waals surface area contributed by atoms with E-state index < -0.39 is 0 Å². The summed E-state index contributed by atoms with van der Waals surface area (Å²) in [6.07, 6.45) is 0.596. The van der Waals surface area contributed by atoms with E-state index in [0.29, 0.717) is 26.2 Å². The van der Waals surface area contributed by atoms with Gasteiger partial charge in [-0.15, -0.1) is 0 Å². The molecule has 4 rings (SSSR count). The number of benzene rings is 2. The number of aliphatic hydroxyl groups is 1. The topological polar surface area (TPSA) is 54.8 Å². The lowest BCUT2D eigenvalue weighted by Gasteiger charge is -2.13. The molecule has 1 aromatic heterocycles. The molecule has 0 spiro atoms. The molecule has 1 aliphatic heterocycles. The highest BCUT2D eigenvalue weighted by atomic mass is 35.5. The van der Waals surface area contributed by atoms with Crippen molar-refractivity contribution in [3.8, 4) is 16.9 Å². The summed E-state index contributed by atoms with van der Waals surface area (Å²) in [7, 11) is 0. The van der Waals surface area contributed by atoms with Crippen molar-refractivity contribution in [1.82, 2.24) is 4.58 Å². The molecule has 0 bridgehead atoms. The van der Waals surface area contributed by atoms with Gasteiger partial charge < -0.3 is 31.4 Å². The van der Waals surface area contributed by atoms with Crippen LogP contribution in [0.2, 0.25) is 0 Å².